The number of carbonyl (C=O) groups is 1. The number of anilines is 1. The van der Waals surface area contributed by atoms with Crippen molar-refractivity contribution in [3.8, 4) is 0 Å². The Morgan fingerprint density at radius 1 is 1.21 bits per heavy atom. The van der Waals surface area contributed by atoms with Gasteiger partial charge in [0, 0.05) is 11.9 Å². The van der Waals surface area contributed by atoms with Crippen molar-refractivity contribution in [3.05, 3.63) is 47.3 Å². The third kappa shape index (κ3) is 4.47. The second kappa shape index (κ2) is 7.21. The second-order valence-corrected chi connectivity index (χ2v) is 6.55. The van der Waals surface area contributed by atoms with Crippen LogP contribution in [0.1, 0.15) is 23.7 Å². The molecule has 0 radical (unpaired) electrons. The Hall–Kier alpha value is -2.09. The SMILES string of the molecule is Cc1cccc(C)c1NC(=O)C(C)Sc1nccc(C(F)(F)F)n1. The molecule has 1 unspecified atom stereocenters. The van der Waals surface area contributed by atoms with Gasteiger partial charge in [-0.2, -0.15) is 13.2 Å². The zero-order valence-corrected chi connectivity index (χ0v) is 14.1. The molecule has 1 aromatic heterocycles. The highest BCUT2D eigenvalue weighted by molar-refractivity contribution is 8.00. The molecule has 0 saturated carbocycles. The van der Waals surface area contributed by atoms with Crippen molar-refractivity contribution in [2.45, 2.75) is 37.4 Å². The summed E-state index contributed by atoms with van der Waals surface area (Å²) in [6, 6.07) is 6.42. The van der Waals surface area contributed by atoms with Crippen LogP contribution in [-0.2, 0) is 11.0 Å². The summed E-state index contributed by atoms with van der Waals surface area (Å²) >= 11 is 0.879. The maximum absolute atomic E-state index is 12.7. The summed E-state index contributed by atoms with van der Waals surface area (Å²) in [6.07, 6.45) is -3.50. The van der Waals surface area contributed by atoms with Crippen LogP contribution in [0.15, 0.2) is 35.6 Å². The maximum atomic E-state index is 12.7. The third-order valence-electron chi connectivity index (χ3n) is 3.30. The Kier molecular flexibility index (Phi) is 5.48. The molecule has 0 spiro atoms. The first-order valence-electron chi connectivity index (χ1n) is 7.12. The molecule has 24 heavy (non-hydrogen) atoms. The Morgan fingerprint density at radius 3 is 2.42 bits per heavy atom. The summed E-state index contributed by atoms with van der Waals surface area (Å²) < 4.78 is 38.0. The number of aryl methyl sites for hydroxylation is 2. The van der Waals surface area contributed by atoms with Crippen LogP contribution < -0.4 is 5.32 Å². The number of aromatic nitrogens is 2. The fourth-order valence-corrected chi connectivity index (χ4v) is 2.76. The number of halogens is 3. The molecule has 2 aromatic rings. The summed E-state index contributed by atoms with van der Waals surface area (Å²) in [5.74, 6) is -0.321. The lowest BCUT2D eigenvalue weighted by Gasteiger charge is -2.15. The van der Waals surface area contributed by atoms with Crippen molar-refractivity contribution >= 4 is 23.4 Å². The number of hydrogen-bond acceptors (Lipinski definition) is 4. The number of para-hydroxylation sites is 1. The summed E-state index contributed by atoms with van der Waals surface area (Å²) in [6.45, 7) is 5.34. The fraction of sp³-hybridized carbons (Fsp3) is 0.312. The molecule has 1 aromatic carbocycles. The third-order valence-corrected chi connectivity index (χ3v) is 4.28. The van der Waals surface area contributed by atoms with Crippen LogP contribution >= 0.6 is 11.8 Å². The average Bonchev–Trinajstić information content (AvgIpc) is 2.50. The molecule has 8 heteroatoms. The Morgan fingerprint density at radius 2 is 1.83 bits per heavy atom. The first-order chi connectivity index (χ1) is 11.2. The molecule has 0 aliphatic carbocycles. The fourth-order valence-electron chi connectivity index (χ4n) is 2.00. The Bertz CT molecular complexity index is 729. The van der Waals surface area contributed by atoms with E-state index in [1.165, 1.54) is 0 Å². The molecule has 128 valence electrons. The smallest absolute Gasteiger partial charge is 0.325 e. The number of alkyl halides is 3. The van der Waals surface area contributed by atoms with Gasteiger partial charge in [0.15, 0.2) is 5.16 Å². The van der Waals surface area contributed by atoms with Gasteiger partial charge in [0.2, 0.25) is 5.91 Å². The molecule has 4 nitrogen and oxygen atoms in total. The highest BCUT2D eigenvalue weighted by atomic mass is 32.2. The van der Waals surface area contributed by atoms with E-state index in [0.29, 0.717) is 5.69 Å². The van der Waals surface area contributed by atoms with E-state index >= 15 is 0 Å². The summed E-state index contributed by atoms with van der Waals surface area (Å²) in [5, 5.41) is 2.07. The largest absolute Gasteiger partial charge is 0.433 e. The molecule has 2 rings (SSSR count). The standard InChI is InChI=1S/C16H16F3N3OS/c1-9-5-4-6-10(2)13(9)22-14(23)11(3)24-15-20-8-7-12(21-15)16(17,18)19/h4-8,11H,1-3H3,(H,22,23). The lowest BCUT2D eigenvalue weighted by Crippen LogP contribution is -2.23. The molecule has 0 fully saturated rings. The Balaban J connectivity index is 2.10. The van der Waals surface area contributed by atoms with E-state index < -0.39 is 17.1 Å². The molecule has 0 saturated heterocycles. The number of carbonyl (C=O) groups excluding carboxylic acids is 1. The number of nitrogens with one attached hydrogen (secondary N) is 1. The van der Waals surface area contributed by atoms with Crippen molar-refractivity contribution in [3.63, 3.8) is 0 Å². The monoisotopic (exact) mass is 355 g/mol. The van der Waals surface area contributed by atoms with Crippen LogP contribution in [0.25, 0.3) is 0 Å². The minimum absolute atomic E-state index is 0.0889. The average molecular weight is 355 g/mol. The van der Waals surface area contributed by atoms with Crippen LogP contribution in [0.2, 0.25) is 0 Å². The van der Waals surface area contributed by atoms with E-state index in [0.717, 1.165) is 35.2 Å². The van der Waals surface area contributed by atoms with E-state index in [9.17, 15) is 18.0 Å². The highest BCUT2D eigenvalue weighted by Crippen LogP contribution is 2.29. The predicted octanol–water partition coefficient (Wildman–Crippen LogP) is 4.23. The van der Waals surface area contributed by atoms with Gasteiger partial charge in [-0.05, 0) is 38.0 Å². The zero-order valence-electron chi connectivity index (χ0n) is 13.3. The summed E-state index contributed by atoms with van der Waals surface area (Å²) in [4.78, 5) is 19.5. The van der Waals surface area contributed by atoms with Crippen molar-refractivity contribution in [2.75, 3.05) is 5.32 Å². The lowest BCUT2D eigenvalue weighted by atomic mass is 10.1. The molecular formula is C16H16F3N3OS. The van der Waals surface area contributed by atoms with Crippen molar-refractivity contribution < 1.29 is 18.0 Å². The van der Waals surface area contributed by atoms with Crippen molar-refractivity contribution in [1.29, 1.82) is 0 Å². The molecule has 0 bridgehead atoms. The molecule has 0 aliphatic rings. The van der Waals surface area contributed by atoms with Gasteiger partial charge < -0.3 is 5.32 Å². The number of amides is 1. The molecular weight excluding hydrogens is 339 g/mol. The summed E-state index contributed by atoms with van der Waals surface area (Å²) in [7, 11) is 0. The number of thioether (sulfide) groups is 1. The number of hydrogen-bond donors (Lipinski definition) is 1. The second-order valence-electron chi connectivity index (χ2n) is 5.24. The zero-order chi connectivity index (χ0) is 17.9. The predicted molar refractivity (Wildman–Crippen MR) is 86.9 cm³/mol. The summed E-state index contributed by atoms with van der Waals surface area (Å²) in [5.41, 5.74) is 1.51. The number of rotatable bonds is 4. The quantitative estimate of drug-likeness (QED) is 0.659. The van der Waals surface area contributed by atoms with E-state index in [1.54, 1.807) is 6.92 Å². The molecule has 1 heterocycles. The van der Waals surface area contributed by atoms with Gasteiger partial charge in [0.1, 0.15) is 5.69 Å². The van der Waals surface area contributed by atoms with Gasteiger partial charge in [-0.25, -0.2) is 9.97 Å². The van der Waals surface area contributed by atoms with E-state index in [-0.39, 0.29) is 11.1 Å². The number of nitrogens with zero attached hydrogens (tertiary/aromatic N) is 2. The van der Waals surface area contributed by atoms with Crippen LogP contribution in [0.5, 0.6) is 0 Å². The molecule has 1 amide bonds. The maximum Gasteiger partial charge on any atom is 0.433 e. The van der Waals surface area contributed by atoms with Gasteiger partial charge in [0.25, 0.3) is 0 Å². The normalized spacial score (nSPS) is 12.8. The molecule has 0 aliphatic heterocycles. The van der Waals surface area contributed by atoms with Gasteiger partial charge in [-0.3, -0.25) is 4.79 Å². The number of benzene rings is 1. The van der Waals surface area contributed by atoms with Crippen molar-refractivity contribution in [1.82, 2.24) is 9.97 Å². The van der Waals surface area contributed by atoms with Gasteiger partial charge in [-0.15, -0.1) is 0 Å². The molecule has 1 atom stereocenters. The van der Waals surface area contributed by atoms with E-state index in [1.807, 2.05) is 32.0 Å². The topological polar surface area (TPSA) is 54.9 Å². The first kappa shape index (κ1) is 18.3. The van der Waals surface area contributed by atoms with E-state index in [2.05, 4.69) is 15.3 Å². The first-order valence-corrected chi connectivity index (χ1v) is 8.00. The van der Waals surface area contributed by atoms with Crippen LogP contribution in [0.3, 0.4) is 0 Å². The minimum Gasteiger partial charge on any atom is -0.325 e. The van der Waals surface area contributed by atoms with E-state index in [4.69, 9.17) is 0 Å². The highest BCUT2D eigenvalue weighted by Gasteiger charge is 2.33. The Labute approximate surface area is 141 Å². The van der Waals surface area contributed by atoms with Crippen LogP contribution in [0.4, 0.5) is 18.9 Å². The van der Waals surface area contributed by atoms with Gasteiger partial charge in [-0.1, -0.05) is 30.0 Å². The van der Waals surface area contributed by atoms with Gasteiger partial charge >= 0.3 is 6.18 Å². The van der Waals surface area contributed by atoms with Crippen molar-refractivity contribution in [2.24, 2.45) is 0 Å². The lowest BCUT2D eigenvalue weighted by molar-refractivity contribution is -0.141. The van der Waals surface area contributed by atoms with Gasteiger partial charge in [0.05, 0.1) is 5.25 Å². The minimum atomic E-state index is -4.54. The molecule has 1 N–H and O–H groups in total. The van der Waals surface area contributed by atoms with Crippen LogP contribution in [-0.4, -0.2) is 21.1 Å². The van der Waals surface area contributed by atoms with Crippen LogP contribution in [0, 0.1) is 13.8 Å².